The molecule has 130 valence electrons. The van der Waals surface area contributed by atoms with E-state index in [0.717, 1.165) is 30.7 Å². The van der Waals surface area contributed by atoms with Crippen molar-refractivity contribution >= 4 is 34.8 Å². The van der Waals surface area contributed by atoms with E-state index in [1.807, 2.05) is 41.3 Å². The van der Waals surface area contributed by atoms with Crippen LogP contribution in [0.25, 0.3) is 0 Å². The molecule has 4 rings (SSSR count). The van der Waals surface area contributed by atoms with Crippen molar-refractivity contribution in [3.05, 3.63) is 63.6 Å². The maximum Gasteiger partial charge on any atom is 0.257 e. The fourth-order valence-corrected chi connectivity index (χ4v) is 3.74. The van der Waals surface area contributed by atoms with Gasteiger partial charge in [-0.2, -0.15) is 0 Å². The molecule has 0 saturated carbocycles. The average molecular weight is 377 g/mol. The molecular formula is C19H18Cl2N2O2. The van der Waals surface area contributed by atoms with Gasteiger partial charge in [-0.1, -0.05) is 41.4 Å². The van der Waals surface area contributed by atoms with Gasteiger partial charge in [0.2, 0.25) is 0 Å². The third-order valence-electron chi connectivity index (χ3n) is 4.71. The van der Waals surface area contributed by atoms with Gasteiger partial charge < -0.3 is 15.0 Å². The molecule has 0 aliphatic carbocycles. The van der Waals surface area contributed by atoms with E-state index in [1.54, 1.807) is 6.07 Å². The Morgan fingerprint density at radius 3 is 2.76 bits per heavy atom. The molecule has 0 bridgehead atoms. The lowest BCUT2D eigenvalue weighted by Crippen LogP contribution is -2.46. The number of hydrogen-bond donors (Lipinski definition) is 1. The predicted molar refractivity (Wildman–Crippen MR) is 99.3 cm³/mol. The molecule has 1 saturated heterocycles. The standard InChI is InChI=1S/C19H18Cl2N2O2/c20-15-8-7-12(10-16(15)21)18-22-17-6-2-1-5-14(17)19(24)23(18)11-13-4-3-9-25-13/h1-2,5-8,10,13,18,22H,3-4,9,11H2/t13-,18+/m0/s1. The number of para-hydroxylation sites is 1. The van der Waals surface area contributed by atoms with Crippen molar-refractivity contribution in [2.75, 3.05) is 18.5 Å². The van der Waals surface area contributed by atoms with Crippen LogP contribution in [0.1, 0.15) is 34.9 Å². The summed E-state index contributed by atoms with van der Waals surface area (Å²) in [6, 6.07) is 13.0. The lowest BCUT2D eigenvalue weighted by molar-refractivity contribution is 0.0427. The molecule has 2 aliphatic heterocycles. The van der Waals surface area contributed by atoms with Gasteiger partial charge in [-0.25, -0.2) is 0 Å². The first kappa shape index (κ1) is 16.7. The Labute approximate surface area is 156 Å². The molecule has 2 atom stereocenters. The zero-order chi connectivity index (χ0) is 17.4. The molecule has 2 aromatic rings. The molecule has 4 nitrogen and oxygen atoms in total. The molecule has 6 heteroatoms. The van der Waals surface area contributed by atoms with Crippen LogP contribution in [0.4, 0.5) is 5.69 Å². The van der Waals surface area contributed by atoms with Crippen molar-refractivity contribution in [3.8, 4) is 0 Å². The number of nitrogens with one attached hydrogen (secondary N) is 1. The molecule has 2 aromatic carbocycles. The second-order valence-corrected chi connectivity index (χ2v) is 7.17. The lowest BCUT2D eigenvalue weighted by atomic mass is 10.0. The van der Waals surface area contributed by atoms with E-state index in [-0.39, 0.29) is 18.2 Å². The van der Waals surface area contributed by atoms with E-state index in [0.29, 0.717) is 22.2 Å². The van der Waals surface area contributed by atoms with Crippen molar-refractivity contribution < 1.29 is 9.53 Å². The summed E-state index contributed by atoms with van der Waals surface area (Å²) in [7, 11) is 0. The number of hydrogen-bond acceptors (Lipinski definition) is 3. The lowest BCUT2D eigenvalue weighted by Gasteiger charge is -2.39. The summed E-state index contributed by atoms with van der Waals surface area (Å²) >= 11 is 12.3. The highest BCUT2D eigenvalue weighted by atomic mass is 35.5. The minimum absolute atomic E-state index is 0.000854. The molecule has 0 radical (unpaired) electrons. The average Bonchev–Trinajstić information content (AvgIpc) is 3.13. The highest BCUT2D eigenvalue weighted by molar-refractivity contribution is 6.42. The van der Waals surface area contributed by atoms with Gasteiger partial charge in [0.25, 0.3) is 5.91 Å². The van der Waals surface area contributed by atoms with Crippen LogP contribution in [0.5, 0.6) is 0 Å². The Bertz CT molecular complexity index is 806. The van der Waals surface area contributed by atoms with E-state index in [1.165, 1.54) is 0 Å². The van der Waals surface area contributed by atoms with Crippen LogP contribution in [0.2, 0.25) is 10.0 Å². The van der Waals surface area contributed by atoms with Crippen LogP contribution < -0.4 is 5.32 Å². The minimum Gasteiger partial charge on any atom is -0.376 e. The normalized spacial score (nSPS) is 22.6. The summed E-state index contributed by atoms with van der Waals surface area (Å²) in [5.41, 5.74) is 2.40. The summed E-state index contributed by atoms with van der Waals surface area (Å²) in [6.45, 7) is 1.30. The SMILES string of the molecule is O=C1c2ccccc2N[C@@H](c2ccc(Cl)c(Cl)c2)N1C[C@@H]1CCCO1. The summed E-state index contributed by atoms with van der Waals surface area (Å²) in [5, 5.41) is 4.44. The monoisotopic (exact) mass is 376 g/mol. The van der Waals surface area contributed by atoms with Gasteiger partial charge in [0, 0.05) is 18.8 Å². The van der Waals surface area contributed by atoms with Crippen LogP contribution in [0.3, 0.4) is 0 Å². The maximum atomic E-state index is 13.1. The predicted octanol–water partition coefficient (Wildman–Crippen LogP) is 4.74. The quantitative estimate of drug-likeness (QED) is 0.840. The van der Waals surface area contributed by atoms with Crippen LogP contribution >= 0.6 is 23.2 Å². The van der Waals surface area contributed by atoms with E-state index >= 15 is 0 Å². The van der Waals surface area contributed by atoms with Crippen LogP contribution in [0, 0.1) is 0 Å². The number of amides is 1. The number of fused-ring (bicyclic) bond motifs is 1. The number of benzene rings is 2. The fraction of sp³-hybridized carbons (Fsp3) is 0.316. The van der Waals surface area contributed by atoms with E-state index in [4.69, 9.17) is 27.9 Å². The van der Waals surface area contributed by atoms with Gasteiger partial charge in [0.05, 0.1) is 21.7 Å². The molecule has 0 aromatic heterocycles. The van der Waals surface area contributed by atoms with E-state index in [2.05, 4.69) is 5.32 Å². The number of carbonyl (C=O) groups is 1. The number of ether oxygens (including phenoxy) is 1. The van der Waals surface area contributed by atoms with Gasteiger partial charge in [-0.15, -0.1) is 0 Å². The second kappa shape index (κ2) is 6.87. The number of halogens is 2. The first-order valence-electron chi connectivity index (χ1n) is 8.36. The zero-order valence-corrected chi connectivity index (χ0v) is 15.1. The van der Waals surface area contributed by atoms with Crippen molar-refractivity contribution in [2.24, 2.45) is 0 Å². The number of carbonyl (C=O) groups excluding carboxylic acids is 1. The number of rotatable bonds is 3. The first-order valence-corrected chi connectivity index (χ1v) is 9.12. The first-order chi connectivity index (χ1) is 12.1. The third kappa shape index (κ3) is 3.22. The van der Waals surface area contributed by atoms with Gasteiger partial charge in [0.1, 0.15) is 6.17 Å². The number of nitrogens with zero attached hydrogens (tertiary/aromatic N) is 1. The van der Waals surface area contributed by atoms with Gasteiger partial charge in [-0.3, -0.25) is 4.79 Å². The van der Waals surface area contributed by atoms with Crippen LogP contribution in [-0.4, -0.2) is 30.1 Å². The molecule has 0 unspecified atom stereocenters. The molecular weight excluding hydrogens is 359 g/mol. The highest BCUT2D eigenvalue weighted by Crippen LogP contribution is 2.36. The van der Waals surface area contributed by atoms with E-state index in [9.17, 15) is 4.79 Å². The fourth-order valence-electron chi connectivity index (χ4n) is 3.43. The van der Waals surface area contributed by atoms with Gasteiger partial charge >= 0.3 is 0 Å². The topological polar surface area (TPSA) is 41.6 Å². The summed E-state index contributed by atoms with van der Waals surface area (Å²) in [4.78, 5) is 14.9. The molecule has 1 fully saturated rings. The molecule has 1 N–H and O–H groups in total. The van der Waals surface area contributed by atoms with Crippen LogP contribution in [-0.2, 0) is 4.74 Å². The Hall–Kier alpha value is -1.75. The van der Waals surface area contributed by atoms with Crippen molar-refractivity contribution in [2.45, 2.75) is 25.1 Å². The molecule has 0 spiro atoms. The smallest absolute Gasteiger partial charge is 0.257 e. The van der Waals surface area contributed by atoms with Gasteiger partial charge in [0.15, 0.2) is 0 Å². The number of anilines is 1. The Morgan fingerprint density at radius 1 is 1.16 bits per heavy atom. The Balaban J connectivity index is 1.72. The highest BCUT2D eigenvalue weighted by Gasteiger charge is 2.35. The van der Waals surface area contributed by atoms with Gasteiger partial charge in [-0.05, 0) is 42.7 Å². The van der Waals surface area contributed by atoms with Crippen molar-refractivity contribution in [3.63, 3.8) is 0 Å². The summed E-state index contributed by atoms with van der Waals surface area (Å²) in [6.07, 6.45) is 1.77. The van der Waals surface area contributed by atoms with Crippen molar-refractivity contribution in [1.82, 2.24) is 4.90 Å². The second-order valence-electron chi connectivity index (χ2n) is 6.36. The van der Waals surface area contributed by atoms with Crippen LogP contribution in [0.15, 0.2) is 42.5 Å². The van der Waals surface area contributed by atoms with Crippen molar-refractivity contribution in [1.29, 1.82) is 0 Å². The molecule has 1 amide bonds. The Morgan fingerprint density at radius 2 is 2.00 bits per heavy atom. The third-order valence-corrected chi connectivity index (χ3v) is 5.44. The Kier molecular flexibility index (Phi) is 4.59. The molecule has 2 heterocycles. The molecule has 2 aliphatic rings. The minimum atomic E-state index is -0.304. The van der Waals surface area contributed by atoms with E-state index < -0.39 is 0 Å². The zero-order valence-electron chi connectivity index (χ0n) is 13.5. The summed E-state index contributed by atoms with van der Waals surface area (Å²) in [5.74, 6) is 0.000854. The largest absolute Gasteiger partial charge is 0.376 e. The summed E-state index contributed by atoms with van der Waals surface area (Å²) < 4.78 is 5.75. The maximum absolute atomic E-state index is 13.1. The molecule has 25 heavy (non-hydrogen) atoms.